The van der Waals surface area contributed by atoms with E-state index in [1.54, 1.807) is 6.92 Å². The maximum absolute atomic E-state index is 13.3. The van der Waals surface area contributed by atoms with Gasteiger partial charge in [0.1, 0.15) is 5.82 Å². The zero-order valence-corrected chi connectivity index (χ0v) is 15.8. The van der Waals surface area contributed by atoms with Gasteiger partial charge in [-0.2, -0.15) is 0 Å². The van der Waals surface area contributed by atoms with Gasteiger partial charge in [0.25, 0.3) is 0 Å². The van der Waals surface area contributed by atoms with Crippen LogP contribution < -0.4 is 10.8 Å². The van der Waals surface area contributed by atoms with Gasteiger partial charge in [0.15, 0.2) is 16.6 Å². The first-order chi connectivity index (χ1) is 12.4. The predicted molar refractivity (Wildman–Crippen MR) is 94.9 cm³/mol. The first-order valence-electron chi connectivity index (χ1n) is 7.24. The minimum Gasteiger partial charge on any atom is -0.394 e. The van der Waals surface area contributed by atoms with Gasteiger partial charge in [-0.05, 0) is 51.4 Å². The molecule has 140 valence electrons. The minimum atomic E-state index is -0.454. The van der Waals surface area contributed by atoms with Crippen LogP contribution in [-0.4, -0.2) is 50.8 Å². The molecule has 2 rings (SSSR count). The minimum absolute atomic E-state index is 0.00758. The summed E-state index contributed by atoms with van der Waals surface area (Å²) in [6.07, 6.45) is 0. The molecular weight excluding hydrogens is 433 g/mol. The molecule has 1 amide bonds. The summed E-state index contributed by atoms with van der Waals surface area (Å²) < 4.78 is 18.1. The summed E-state index contributed by atoms with van der Waals surface area (Å²) in [5.41, 5.74) is 2.31. The van der Waals surface area contributed by atoms with Crippen LogP contribution in [0.3, 0.4) is 0 Å². The molecule has 0 aliphatic heterocycles. The molecule has 9 nitrogen and oxygen atoms in total. The van der Waals surface area contributed by atoms with Crippen LogP contribution in [-0.2, 0) is 4.79 Å². The van der Waals surface area contributed by atoms with Crippen LogP contribution in [0.4, 0.5) is 10.1 Å². The molecule has 0 spiro atoms. The second-order valence-corrected chi connectivity index (χ2v) is 6.85. The SMILES string of the molecule is C[C@H](CO)NC(=O)CSc1nonc1C(=Nc1ccc(F)c(Br)c1)NO. The van der Waals surface area contributed by atoms with E-state index < -0.39 is 5.82 Å². The summed E-state index contributed by atoms with van der Waals surface area (Å²) in [6, 6.07) is 3.66. The summed E-state index contributed by atoms with van der Waals surface area (Å²) in [5.74, 6) is -0.864. The fraction of sp³-hybridized carbons (Fsp3) is 0.286. The highest BCUT2D eigenvalue weighted by molar-refractivity contribution is 9.10. The average Bonchev–Trinajstić information content (AvgIpc) is 3.09. The van der Waals surface area contributed by atoms with Crippen molar-refractivity contribution in [3.05, 3.63) is 34.2 Å². The Morgan fingerprint density at radius 1 is 1.50 bits per heavy atom. The normalized spacial score (nSPS) is 12.7. The fourth-order valence-electron chi connectivity index (χ4n) is 1.73. The van der Waals surface area contributed by atoms with Gasteiger partial charge in [-0.25, -0.2) is 14.0 Å². The molecule has 0 aliphatic carbocycles. The van der Waals surface area contributed by atoms with E-state index >= 15 is 0 Å². The molecule has 0 bridgehead atoms. The number of amides is 1. The number of nitrogens with zero attached hydrogens (tertiary/aromatic N) is 3. The van der Waals surface area contributed by atoms with Crippen LogP contribution in [0.2, 0.25) is 0 Å². The number of aliphatic hydroxyl groups is 1. The quantitative estimate of drug-likeness (QED) is 0.217. The number of amidine groups is 1. The lowest BCUT2D eigenvalue weighted by Gasteiger charge is -2.09. The number of aliphatic hydroxyl groups excluding tert-OH is 1. The van der Waals surface area contributed by atoms with Crippen LogP contribution >= 0.6 is 27.7 Å². The summed E-state index contributed by atoms with van der Waals surface area (Å²) in [7, 11) is 0. The Balaban J connectivity index is 2.14. The number of carbonyl (C=O) groups is 1. The lowest BCUT2D eigenvalue weighted by Crippen LogP contribution is -2.36. The monoisotopic (exact) mass is 447 g/mol. The van der Waals surface area contributed by atoms with Crippen LogP contribution in [0, 0.1) is 5.82 Å². The van der Waals surface area contributed by atoms with Crippen LogP contribution in [0.25, 0.3) is 0 Å². The van der Waals surface area contributed by atoms with Crippen molar-refractivity contribution in [2.45, 2.75) is 18.0 Å². The highest BCUT2D eigenvalue weighted by Gasteiger charge is 2.19. The molecule has 2 aromatic rings. The molecule has 1 aromatic heterocycles. The summed E-state index contributed by atoms with van der Waals surface area (Å²) in [5, 5.41) is 28.4. The average molecular weight is 448 g/mol. The summed E-state index contributed by atoms with van der Waals surface area (Å²) in [6.45, 7) is 1.48. The van der Waals surface area contributed by atoms with E-state index in [4.69, 9.17) is 5.11 Å². The third-order valence-electron chi connectivity index (χ3n) is 2.95. The van der Waals surface area contributed by atoms with E-state index in [1.165, 1.54) is 18.2 Å². The van der Waals surface area contributed by atoms with Crippen LogP contribution in [0.5, 0.6) is 0 Å². The van der Waals surface area contributed by atoms with Crippen molar-refractivity contribution < 1.29 is 24.1 Å². The van der Waals surface area contributed by atoms with Crippen LogP contribution in [0.1, 0.15) is 12.6 Å². The Bertz CT molecular complexity index is 803. The number of nitrogens with one attached hydrogen (secondary N) is 2. The highest BCUT2D eigenvalue weighted by atomic mass is 79.9. The number of aliphatic imine (C=N–C) groups is 1. The Hall–Kier alpha value is -2.02. The topological polar surface area (TPSA) is 133 Å². The zero-order chi connectivity index (χ0) is 19.1. The van der Waals surface area contributed by atoms with Gasteiger partial charge >= 0.3 is 0 Å². The van der Waals surface area contributed by atoms with Gasteiger partial charge in [-0.15, -0.1) is 0 Å². The second-order valence-electron chi connectivity index (χ2n) is 5.03. The van der Waals surface area contributed by atoms with E-state index in [9.17, 15) is 14.4 Å². The van der Waals surface area contributed by atoms with Gasteiger partial charge < -0.3 is 10.4 Å². The molecule has 4 N–H and O–H groups in total. The molecule has 0 aliphatic rings. The number of carbonyl (C=O) groups excluding carboxylic acids is 1. The number of rotatable bonds is 7. The summed E-state index contributed by atoms with van der Waals surface area (Å²) in [4.78, 5) is 15.9. The lowest BCUT2D eigenvalue weighted by molar-refractivity contribution is -0.119. The van der Waals surface area contributed by atoms with E-state index in [1.807, 2.05) is 5.48 Å². The van der Waals surface area contributed by atoms with Crippen molar-refractivity contribution in [1.82, 2.24) is 21.1 Å². The van der Waals surface area contributed by atoms with Crippen molar-refractivity contribution >= 4 is 45.1 Å². The molecule has 0 unspecified atom stereocenters. The van der Waals surface area contributed by atoms with Gasteiger partial charge in [0, 0.05) is 6.04 Å². The van der Waals surface area contributed by atoms with E-state index in [0.29, 0.717) is 5.69 Å². The molecular formula is C14H15BrFN5O4S. The molecule has 0 radical (unpaired) electrons. The molecule has 0 saturated carbocycles. The molecule has 0 saturated heterocycles. The van der Waals surface area contributed by atoms with Crippen molar-refractivity contribution in [3.63, 3.8) is 0 Å². The van der Waals surface area contributed by atoms with Crippen molar-refractivity contribution in [2.75, 3.05) is 12.4 Å². The van der Waals surface area contributed by atoms with E-state index in [-0.39, 0.29) is 45.3 Å². The molecule has 12 heteroatoms. The standard InChI is InChI=1S/C14H15BrFN5O4S/c1-7(5-22)17-11(23)6-26-14-12(20-25-21-14)13(19-24)18-8-2-3-10(16)9(15)4-8/h2-4,7,22,24H,5-6H2,1H3,(H,17,23)(H,18,19)/t7-/m1/s1. The number of benzene rings is 1. The van der Waals surface area contributed by atoms with Gasteiger partial charge in [-0.1, -0.05) is 11.8 Å². The number of halogens is 2. The maximum atomic E-state index is 13.3. The smallest absolute Gasteiger partial charge is 0.230 e. The Kier molecular flexibility index (Phi) is 7.50. The van der Waals surface area contributed by atoms with Gasteiger partial charge in [0.2, 0.25) is 5.91 Å². The van der Waals surface area contributed by atoms with Crippen molar-refractivity contribution in [2.24, 2.45) is 4.99 Å². The van der Waals surface area contributed by atoms with Crippen molar-refractivity contribution in [3.8, 4) is 0 Å². The Labute approximate surface area is 160 Å². The Morgan fingerprint density at radius 3 is 2.92 bits per heavy atom. The first kappa shape index (κ1) is 20.3. The number of thioether (sulfide) groups is 1. The van der Waals surface area contributed by atoms with Gasteiger partial charge in [-0.3, -0.25) is 15.5 Å². The van der Waals surface area contributed by atoms with Gasteiger partial charge in [0.05, 0.1) is 22.5 Å². The number of hydroxylamine groups is 1. The Morgan fingerprint density at radius 2 is 2.27 bits per heavy atom. The molecule has 1 aromatic carbocycles. The third-order valence-corrected chi connectivity index (χ3v) is 4.51. The summed E-state index contributed by atoms with van der Waals surface area (Å²) >= 11 is 4.06. The van der Waals surface area contributed by atoms with E-state index in [2.05, 4.69) is 41.2 Å². The number of hydrogen-bond acceptors (Lipinski definition) is 8. The molecule has 1 atom stereocenters. The lowest BCUT2D eigenvalue weighted by atomic mass is 10.3. The zero-order valence-electron chi connectivity index (χ0n) is 13.4. The first-order valence-corrected chi connectivity index (χ1v) is 9.02. The van der Waals surface area contributed by atoms with Crippen molar-refractivity contribution in [1.29, 1.82) is 0 Å². The largest absolute Gasteiger partial charge is 0.394 e. The third kappa shape index (κ3) is 5.49. The van der Waals surface area contributed by atoms with Crippen LogP contribution in [0.15, 0.2) is 37.3 Å². The van der Waals surface area contributed by atoms with E-state index in [0.717, 1.165) is 11.8 Å². The molecule has 1 heterocycles. The predicted octanol–water partition coefficient (Wildman–Crippen LogP) is 1.62. The molecule has 26 heavy (non-hydrogen) atoms. The maximum Gasteiger partial charge on any atom is 0.230 e. The molecule has 0 fully saturated rings. The number of hydrogen-bond donors (Lipinski definition) is 4. The number of aromatic nitrogens is 2. The highest BCUT2D eigenvalue weighted by Crippen LogP contribution is 2.24. The fourth-order valence-corrected chi connectivity index (χ4v) is 2.81. The second kappa shape index (κ2) is 9.62.